The van der Waals surface area contributed by atoms with Gasteiger partial charge in [-0.25, -0.2) is 14.8 Å². The van der Waals surface area contributed by atoms with E-state index in [9.17, 15) is 4.79 Å². The zero-order valence-electron chi connectivity index (χ0n) is 16.5. The Hall–Kier alpha value is -2.57. The molecule has 7 nitrogen and oxygen atoms in total. The number of benzene rings is 1. The van der Waals surface area contributed by atoms with Gasteiger partial charge in [-0.1, -0.05) is 12.1 Å². The van der Waals surface area contributed by atoms with Gasteiger partial charge in [0.2, 0.25) is 0 Å². The molecule has 1 saturated heterocycles. The Kier molecular flexibility index (Phi) is 5.68. The molecule has 1 unspecified atom stereocenters. The van der Waals surface area contributed by atoms with Gasteiger partial charge in [0.1, 0.15) is 5.60 Å². The molecular formula is C20H28N4O3. The Balaban J connectivity index is 1.79. The lowest BCUT2D eigenvalue weighted by Gasteiger charge is -2.28. The Labute approximate surface area is 160 Å². The summed E-state index contributed by atoms with van der Waals surface area (Å²) in [6.07, 6.45) is 1.60. The summed E-state index contributed by atoms with van der Waals surface area (Å²) >= 11 is 0. The Morgan fingerprint density at radius 2 is 1.96 bits per heavy atom. The summed E-state index contributed by atoms with van der Waals surface area (Å²) in [5.41, 5.74) is 1.14. The second-order valence-electron chi connectivity index (χ2n) is 7.65. The first-order chi connectivity index (χ1) is 12.9. The van der Waals surface area contributed by atoms with Crippen LogP contribution in [0, 0.1) is 0 Å². The maximum Gasteiger partial charge on any atom is 0.407 e. The van der Waals surface area contributed by atoms with Crippen molar-refractivity contribution in [2.24, 2.45) is 0 Å². The van der Waals surface area contributed by atoms with Crippen LogP contribution in [0.3, 0.4) is 0 Å². The van der Waals surface area contributed by atoms with Gasteiger partial charge < -0.3 is 19.7 Å². The largest absolute Gasteiger partial charge is 0.475 e. The number of carbonyl (C=O) groups is 1. The summed E-state index contributed by atoms with van der Waals surface area (Å²) in [6, 6.07) is 7.90. The first-order valence-electron chi connectivity index (χ1n) is 9.50. The minimum absolute atomic E-state index is 0.132. The van der Waals surface area contributed by atoms with Gasteiger partial charge >= 0.3 is 6.09 Å². The van der Waals surface area contributed by atoms with Crippen LogP contribution in [0.2, 0.25) is 0 Å². The van der Waals surface area contributed by atoms with Crippen molar-refractivity contribution in [1.82, 2.24) is 15.3 Å². The Morgan fingerprint density at radius 1 is 1.26 bits per heavy atom. The minimum atomic E-state index is -0.509. The normalized spacial score (nSPS) is 17.2. The van der Waals surface area contributed by atoms with Crippen molar-refractivity contribution < 1.29 is 14.3 Å². The third-order valence-electron chi connectivity index (χ3n) is 4.33. The van der Waals surface area contributed by atoms with Crippen LogP contribution in [-0.4, -0.2) is 47.4 Å². The van der Waals surface area contributed by atoms with Gasteiger partial charge in [-0.05, 0) is 52.7 Å². The topological polar surface area (TPSA) is 76.6 Å². The first kappa shape index (κ1) is 19.2. The SMILES string of the molecule is CCOc1nc2ccccc2nc1N1CCCC1CNC(=O)OC(C)(C)C. The van der Waals surface area contributed by atoms with E-state index in [1.54, 1.807) is 0 Å². The summed E-state index contributed by atoms with van der Waals surface area (Å²) in [4.78, 5) is 23.6. The number of fused-ring (bicyclic) bond motifs is 1. The zero-order chi connectivity index (χ0) is 19.4. The molecule has 1 aromatic carbocycles. The number of rotatable bonds is 5. The fourth-order valence-corrected chi connectivity index (χ4v) is 3.24. The monoisotopic (exact) mass is 372 g/mol. The highest BCUT2D eigenvalue weighted by Crippen LogP contribution is 2.32. The number of carbonyl (C=O) groups excluding carboxylic acids is 1. The van der Waals surface area contributed by atoms with Crippen LogP contribution in [-0.2, 0) is 4.74 Å². The standard InChI is InChI=1S/C20H28N4O3/c1-5-26-18-17(22-15-10-6-7-11-16(15)23-18)24-12-8-9-14(24)13-21-19(25)27-20(2,3)4/h6-7,10-11,14H,5,8-9,12-13H2,1-4H3,(H,21,25). The van der Waals surface area contributed by atoms with Gasteiger partial charge in [0.15, 0.2) is 5.82 Å². The van der Waals surface area contributed by atoms with Gasteiger partial charge in [0.25, 0.3) is 5.88 Å². The molecule has 1 atom stereocenters. The molecule has 1 N–H and O–H groups in total. The number of aromatic nitrogens is 2. The zero-order valence-corrected chi connectivity index (χ0v) is 16.5. The van der Waals surface area contributed by atoms with Crippen molar-refractivity contribution in [2.75, 3.05) is 24.6 Å². The summed E-state index contributed by atoms with van der Waals surface area (Å²) in [6.45, 7) is 9.37. The number of anilines is 1. The number of para-hydroxylation sites is 2. The van der Waals surface area contributed by atoms with Crippen LogP contribution in [0.1, 0.15) is 40.5 Å². The van der Waals surface area contributed by atoms with E-state index in [1.807, 2.05) is 52.0 Å². The predicted octanol–water partition coefficient (Wildman–Crippen LogP) is 3.52. The van der Waals surface area contributed by atoms with E-state index < -0.39 is 11.7 Å². The van der Waals surface area contributed by atoms with Crippen LogP contribution in [0.25, 0.3) is 11.0 Å². The molecule has 1 amide bonds. The number of ether oxygens (including phenoxy) is 2. The highest BCUT2D eigenvalue weighted by Gasteiger charge is 2.30. The van der Waals surface area contributed by atoms with E-state index in [2.05, 4.69) is 15.2 Å². The second kappa shape index (κ2) is 7.98. The van der Waals surface area contributed by atoms with Crippen molar-refractivity contribution >= 4 is 22.9 Å². The summed E-state index contributed by atoms with van der Waals surface area (Å²) in [5.74, 6) is 1.28. The highest BCUT2D eigenvalue weighted by atomic mass is 16.6. The maximum absolute atomic E-state index is 12.0. The molecule has 3 rings (SSSR count). The molecule has 0 bridgehead atoms. The molecule has 1 aliphatic rings. The van der Waals surface area contributed by atoms with Crippen LogP contribution >= 0.6 is 0 Å². The number of hydrogen-bond acceptors (Lipinski definition) is 6. The van der Waals surface area contributed by atoms with Crippen molar-refractivity contribution in [2.45, 2.75) is 52.2 Å². The number of hydrogen-bond donors (Lipinski definition) is 1. The molecule has 2 heterocycles. The van der Waals surface area contributed by atoms with Gasteiger partial charge in [-0.15, -0.1) is 0 Å². The van der Waals surface area contributed by atoms with Gasteiger partial charge in [0.05, 0.1) is 17.6 Å². The number of nitrogens with one attached hydrogen (secondary N) is 1. The Morgan fingerprint density at radius 3 is 2.63 bits per heavy atom. The third-order valence-corrected chi connectivity index (χ3v) is 4.33. The van der Waals surface area contributed by atoms with Gasteiger partial charge in [-0.3, -0.25) is 0 Å². The summed E-state index contributed by atoms with van der Waals surface area (Å²) in [7, 11) is 0. The molecule has 1 fully saturated rings. The molecule has 0 aliphatic carbocycles. The molecule has 27 heavy (non-hydrogen) atoms. The average molecular weight is 372 g/mol. The number of nitrogens with zero attached hydrogens (tertiary/aromatic N) is 3. The molecule has 7 heteroatoms. The summed E-state index contributed by atoms with van der Waals surface area (Å²) in [5, 5.41) is 2.88. The van der Waals surface area contributed by atoms with Crippen molar-refractivity contribution in [1.29, 1.82) is 0 Å². The molecule has 1 aliphatic heterocycles. The minimum Gasteiger partial charge on any atom is -0.475 e. The summed E-state index contributed by atoms with van der Waals surface area (Å²) < 4.78 is 11.1. The molecule has 1 aromatic heterocycles. The lowest BCUT2D eigenvalue weighted by atomic mass is 10.2. The number of amides is 1. The first-order valence-corrected chi connectivity index (χ1v) is 9.50. The average Bonchev–Trinajstić information content (AvgIpc) is 3.06. The molecular weight excluding hydrogens is 344 g/mol. The van der Waals surface area contributed by atoms with E-state index in [0.29, 0.717) is 19.0 Å². The quantitative estimate of drug-likeness (QED) is 0.865. The maximum atomic E-state index is 12.0. The molecule has 2 aromatic rings. The van der Waals surface area contributed by atoms with Crippen LogP contribution in [0.15, 0.2) is 24.3 Å². The predicted molar refractivity (Wildman–Crippen MR) is 105 cm³/mol. The van der Waals surface area contributed by atoms with Crippen LogP contribution in [0.4, 0.5) is 10.6 Å². The lowest BCUT2D eigenvalue weighted by molar-refractivity contribution is 0.0525. The van der Waals surface area contributed by atoms with Crippen LogP contribution < -0.4 is 15.0 Å². The van der Waals surface area contributed by atoms with E-state index in [0.717, 1.165) is 36.2 Å². The molecule has 146 valence electrons. The van der Waals surface area contributed by atoms with Crippen molar-refractivity contribution in [3.8, 4) is 5.88 Å². The smallest absolute Gasteiger partial charge is 0.407 e. The lowest BCUT2D eigenvalue weighted by Crippen LogP contribution is -2.42. The van der Waals surface area contributed by atoms with Gasteiger partial charge in [0, 0.05) is 19.1 Å². The molecule has 0 saturated carbocycles. The third kappa shape index (κ3) is 4.78. The van der Waals surface area contributed by atoms with Crippen molar-refractivity contribution in [3.05, 3.63) is 24.3 Å². The highest BCUT2D eigenvalue weighted by molar-refractivity contribution is 5.77. The molecule has 0 radical (unpaired) electrons. The second-order valence-corrected chi connectivity index (χ2v) is 7.65. The number of alkyl carbamates (subject to hydrolysis) is 1. The van der Waals surface area contributed by atoms with E-state index in [-0.39, 0.29) is 6.04 Å². The van der Waals surface area contributed by atoms with E-state index in [1.165, 1.54) is 0 Å². The van der Waals surface area contributed by atoms with Gasteiger partial charge in [-0.2, -0.15) is 0 Å². The fourth-order valence-electron chi connectivity index (χ4n) is 3.24. The fraction of sp³-hybridized carbons (Fsp3) is 0.550. The van der Waals surface area contributed by atoms with E-state index in [4.69, 9.17) is 14.5 Å². The van der Waals surface area contributed by atoms with Crippen LogP contribution in [0.5, 0.6) is 5.88 Å². The van der Waals surface area contributed by atoms with E-state index >= 15 is 0 Å². The van der Waals surface area contributed by atoms with Crippen molar-refractivity contribution in [3.63, 3.8) is 0 Å². The molecule has 0 spiro atoms. The Bertz CT molecular complexity index is 803.